The third-order valence-corrected chi connectivity index (χ3v) is 13.8. The number of ketones is 1. The molecule has 2 aromatic carbocycles. The van der Waals surface area contributed by atoms with Crippen molar-refractivity contribution in [1.29, 1.82) is 0 Å². The molecule has 0 aliphatic carbocycles. The molecule has 5 aromatic rings. The summed E-state index contributed by atoms with van der Waals surface area (Å²) in [5, 5.41) is 8.73. The minimum atomic E-state index is -3.22. The van der Waals surface area contributed by atoms with Crippen molar-refractivity contribution >= 4 is 54.8 Å². The largest absolute Gasteiger partial charge is 0.497 e. The van der Waals surface area contributed by atoms with E-state index in [1.807, 2.05) is 5.32 Å². The zero-order chi connectivity index (χ0) is 49.9. The van der Waals surface area contributed by atoms with Crippen LogP contribution in [-0.4, -0.2) is 147 Å². The molecule has 0 radical (unpaired) electrons. The van der Waals surface area contributed by atoms with Gasteiger partial charge in [0.25, 0.3) is 11.8 Å². The average Bonchev–Trinajstić information content (AvgIpc) is 3.86. The van der Waals surface area contributed by atoms with E-state index in [1.165, 1.54) is 58.3 Å². The second-order valence-electron chi connectivity index (χ2n) is 15.2. The SMILES string of the molecule is COc1ccc(N(Cc2ccc(-c3nnc(C(F)F)o3)cn2)C(=O)N2CCS(=O)(=O)CC2)cc1.COc1ccc(N(Cc2ccc(C(=O)CNC(=O)C(F)F)cn2)C(=O)N2CCS(=O)(=O)CC2)cc1. The van der Waals surface area contributed by atoms with Crippen LogP contribution in [0.3, 0.4) is 0 Å². The summed E-state index contributed by atoms with van der Waals surface area (Å²) in [6, 6.07) is 18.9. The summed E-state index contributed by atoms with van der Waals surface area (Å²) < 4.78 is 112. The topological polar surface area (TPSA) is 245 Å². The molecule has 368 valence electrons. The van der Waals surface area contributed by atoms with Crippen LogP contribution in [-0.2, 0) is 37.6 Å². The van der Waals surface area contributed by atoms with Crippen LogP contribution in [0.15, 0.2) is 89.6 Å². The predicted octanol–water partition coefficient (Wildman–Crippen LogP) is 4.45. The Morgan fingerprint density at radius 3 is 1.51 bits per heavy atom. The molecule has 20 nitrogen and oxygen atoms in total. The Bertz CT molecular complexity index is 2780. The first-order valence-electron chi connectivity index (χ1n) is 20.8. The van der Waals surface area contributed by atoms with Gasteiger partial charge in [-0.2, -0.15) is 17.6 Å². The van der Waals surface area contributed by atoms with Gasteiger partial charge in [0.05, 0.1) is 73.8 Å². The molecule has 1 N–H and O–H groups in total. The Labute approximate surface area is 393 Å². The number of methoxy groups -OCH3 is 2. The first-order valence-corrected chi connectivity index (χ1v) is 24.4. The lowest BCUT2D eigenvalue weighted by Crippen LogP contribution is -2.49. The average molecular weight is 1000 g/mol. The van der Waals surface area contributed by atoms with Crippen molar-refractivity contribution in [2.45, 2.75) is 25.9 Å². The second-order valence-corrected chi connectivity index (χ2v) is 19.8. The Balaban J connectivity index is 0.000000227. The van der Waals surface area contributed by atoms with Crippen LogP contribution >= 0.6 is 0 Å². The summed E-state index contributed by atoms with van der Waals surface area (Å²) in [5.41, 5.74) is 2.49. The normalized spacial score (nSPS) is 15.1. The molecule has 5 heterocycles. The van der Waals surface area contributed by atoms with Crippen LogP contribution in [0.25, 0.3) is 11.5 Å². The molecule has 0 bridgehead atoms. The standard InChI is InChI=1S/C22H24F2N4O6S.C21H21F2N5O5S/c1-34-18-6-4-17(5-7-18)28(22(31)27-8-10-35(32,33)11-9-27)14-16-3-2-15(12-25-16)19(29)13-26-21(30)20(23)24;1-32-17-6-4-16(5-7-17)28(21(29)27-8-10-34(30,31)11-9-27)13-15-3-2-14(12-24-15)19-25-26-20(33-19)18(22)23/h2-7,12,20H,8-11,13-14H2,1H3,(H,26,30);2-7,12,18H,8-11,13H2,1H3. The van der Waals surface area contributed by atoms with Crippen LogP contribution in [0.4, 0.5) is 38.5 Å². The maximum Gasteiger partial charge on any atom is 0.324 e. The Kier molecular flexibility index (Phi) is 16.8. The molecule has 0 unspecified atom stereocenters. The molecule has 5 amide bonds. The first-order chi connectivity index (χ1) is 32.8. The summed E-state index contributed by atoms with van der Waals surface area (Å²) >= 11 is 0. The van der Waals surface area contributed by atoms with E-state index in [2.05, 4.69) is 20.2 Å². The van der Waals surface area contributed by atoms with Crippen molar-refractivity contribution in [2.24, 2.45) is 0 Å². The van der Waals surface area contributed by atoms with Crippen LogP contribution in [0, 0.1) is 0 Å². The Morgan fingerprint density at radius 2 is 1.13 bits per heavy atom. The van der Waals surface area contributed by atoms with E-state index in [0.29, 0.717) is 39.8 Å². The highest BCUT2D eigenvalue weighted by molar-refractivity contribution is 7.91. The molecule has 0 spiro atoms. The van der Waals surface area contributed by atoms with Gasteiger partial charge in [0.15, 0.2) is 25.5 Å². The molecule has 2 aliphatic heterocycles. The summed E-state index contributed by atoms with van der Waals surface area (Å²) in [5.74, 6) is -2.22. The van der Waals surface area contributed by atoms with E-state index in [-0.39, 0.29) is 79.8 Å². The quantitative estimate of drug-likeness (QED) is 0.119. The number of urea groups is 2. The lowest BCUT2D eigenvalue weighted by Gasteiger charge is -2.33. The summed E-state index contributed by atoms with van der Waals surface area (Å²) in [6.07, 6.45) is -3.47. The van der Waals surface area contributed by atoms with Crippen LogP contribution in [0.2, 0.25) is 0 Å². The molecule has 0 atom stereocenters. The van der Waals surface area contributed by atoms with E-state index in [4.69, 9.17) is 13.9 Å². The number of pyridine rings is 2. The number of halogens is 4. The monoisotopic (exact) mass is 1000 g/mol. The third-order valence-electron chi connectivity index (χ3n) is 10.6. The van der Waals surface area contributed by atoms with Crippen molar-refractivity contribution in [2.75, 3.05) is 79.8 Å². The predicted molar refractivity (Wildman–Crippen MR) is 240 cm³/mol. The fourth-order valence-electron chi connectivity index (χ4n) is 6.65. The van der Waals surface area contributed by atoms with Gasteiger partial charge in [-0.1, -0.05) is 0 Å². The molecular weight excluding hydrogens is 959 g/mol. The zero-order valence-electron chi connectivity index (χ0n) is 36.9. The highest BCUT2D eigenvalue weighted by Crippen LogP contribution is 2.27. The van der Waals surface area contributed by atoms with Crippen molar-refractivity contribution in [3.05, 3.63) is 108 Å². The molecule has 2 fully saturated rings. The van der Waals surface area contributed by atoms with Gasteiger partial charge in [0.2, 0.25) is 5.89 Å². The van der Waals surface area contributed by atoms with Gasteiger partial charge in [-0.3, -0.25) is 29.4 Å². The molecule has 26 heteroatoms. The summed E-state index contributed by atoms with van der Waals surface area (Å²) in [6.45, 7) is -0.157. The highest BCUT2D eigenvalue weighted by Gasteiger charge is 2.31. The first kappa shape index (κ1) is 51.2. The van der Waals surface area contributed by atoms with Crippen LogP contribution < -0.4 is 24.6 Å². The van der Waals surface area contributed by atoms with Gasteiger partial charge in [0.1, 0.15) is 11.5 Å². The molecule has 69 heavy (non-hydrogen) atoms. The summed E-state index contributed by atoms with van der Waals surface area (Å²) in [7, 11) is -3.28. The van der Waals surface area contributed by atoms with E-state index in [9.17, 15) is 53.6 Å². The van der Waals surface area contributed by atoms with Gasteiger partial charge < -0.3 is 29.0 Å². The highest BCUT2D eigenvalue weighted by atomic mass is 32.2. The zero-order valence-corrected chi connectivity index (χ0v) is 38.5. The Morgan fingerprint density at radius 1 is 0.667 bits per heavy atom. The van der Waals surface area contributed by atoms with Crippen LogP contribution in [0.1, 0.15) is 34.1 Å². The van der Waals surface area contributed by atoms with E-state index >= 15 is 0 Å². The second kappa shape index (κ2) is 22.7. The van der Waals surface area contributed by atoms with E-state index in [1.54, 1.807) is 60.7 Å². The van der Waals surface area contributed by atoms with Crippen molar-refractivity contribution in [1.82, 2.24) is 35.3 Å². The van der Waals surface area contributed by atoms with Crippen molar-refractivity contribution in [3.8, 4) is 23.0 Å². The van der Waals surface area contributed by atoms with Crippen LogP contribution in [0.5, 0.6) is 11.5 Å². The lowest BCUT2D eigenvalue weighted by molar-refractivity contribution is -0.131. The number of hydrogen-bond donors (Lipinski definition) is 1. The Hall–Kier alpha value is -7.22. The van der Waals surface area contributed by atoms with Gasteiger partial charge >= 0.3 is 24.9 Å². The molecular formula is C43H45F4N9O11S2. The van der Waals surface area contributed by atoms with Gasteiger partial charge in [0, 0.05) is 55.5 Å². The minimum Gasteiger partial charge on any atom is -0.497 e. The minimum absolute atomic E-state index is 0.0189. The maximum atomic E-state index is 13.3. The lowest BCUT2D eigenvalue weighted by atomic mass is 10.1. The molecule has 3 aromatic heterocycles. The van der Waals surface area contributed by atoms with E-state index in [0.717, 1.165) is 0 Å². The van der Waals surface area contributed by atoms with E-state index < -0.39 is 62.7 Å². The number of nitrogens with one attached hydrogen (secondary N) is 1. The maximum absolute atomic E-state index is 13.3. The number of carbonyl (C=O) groups is 4. The number of nitrogens with zero attached hydrogens (tertiary/aromatic N) is 8. The third kappa shape index (κ3) is 13.9. The number of hydrogen-bond acceptors (Lipinski definition) is 15. The number of Topliss-reactive ketones (excluding diaryl/α,β-unsaturated/α-hetero) is 1. The fraction of sp³-hybridized carbons (Fsp3) is 0.349. The summed E-state index contributed by atoms with van der Waals surface area (Å²) in [4.78, 5) is 64.0. The molecule has 2 aliphatic rings. The molecule has 7 rings (SSSR count). The smallest absolute Gasteiger partial charge is 0.324 e. The number of ether oxygens (including phenoxy) is 2. The number of aromatic nitrogens is 4. The number of carbonyl (C=O) groups excluding carboxylic acids is 4. The number of anilines is 2. The van der Waals surface area contributed by atoms with Gasteiger partial charge in [-0.25, -0.2) is 26.4 Å². The fourth-order valence-corrected chi connectivity index (χ4v) is 9.05. The number of benzene rings is 2. The number of amides is 5. The van der Waals surface area contributed by atoms with Crippen molar-refractivity contribution < 1.29 is 67.5 Å². The van der Waals surface area contributed by atoms with Gasteiger partial charge in [-0.05, 0) is 72.8 Å². The number of alkyl halides is 4. The molecule has 2 saturated heterocycles. The number of sulfone groups is 2. The molecule has 0 saturated carbocycles. The van der Waals surface area contributed by atoms with Crippen molar-refractivity contribution in [3.63, 3.8) is 0 Å². The number of rotatable bonds is 14. The van der Waals surface area contributed by atoms with Gasteiger partial charge in [-0.15, -0.1) is 10.2 Å².